The molecule has 0 saturated heterocycles. The molecule has 2 aromatic heterocycles. The van der Waals surface area contributed by atoms with E-state index in [0.29, 0.717) is 11.3 Å². The normalized spacial score (nSPS) is 12.2. The fourth-order valence-corrected chi connectivity index (χ4v) is 2.10. The lowest BCUT2D eigenvalue weighted by molar-refractivity contribution is 0.0938. The smallest absolute Gasteiger partial charge is 0.255 e. The number of nitrogens with one attached hydrogen (secondary N) is 1. The summed E-state index contributed by atoms with van der Waals surface area (Å²) in [6, 6.07) is -0.145. The van der Waals surface area contributed by atoms with Crippen molar-refractivity contribution in [2.75, 3.05) is 5.73 Å². The molecule has 1 atom stereocenters. The molecule has 2 heterocycles. The fourth-order valence-electron chi connectivity index (χ4n) is 2.10. The standard InChI is InChI=1S/C13H18N6O/c1-7-10(5-15-13(14)17-7)12(20)16-8(2)11-6-19(4)18-9(11)3/h5-6,8H,1-4H3,(H,16,20)(H2,14,15,17)/t8-/m1/s1. The van der Waals surface area contributed by atoms with Crippen molar-refractivity contribution in [1.82, 2.24) is 25.1 Å². The number of aryl methyl sites for hydroxylation is 3. The molecule has 2 aromatic rings. The quantitative estimate of drug-likeness (QED) is 0.866. The molecule has 1 amide bonds. The molecule has 0 aromatic carbocycles. The third-order valence-electron chi connectivity index (χ3n) is 3.11. The lowest BCUT2D eigenvalue weighted by atomic mass is 10.1. The van der Waals surface area contributed by atoms with Crippen molar-refractivity contribution in [3.05, 3.63) is 34.9 Å². The summed E-state index contributed by atoms with van der Waals surface area (Å²) in [6.45, 7) is 5.55. The molecule has 0 spiro atoms. The van der Waals surface area contributed by atoms with Crippen LogP contribution in [-0.4, -0.2) is 25.7 Å². The van der Waals surface area contributed by atoms with Gasteiger partial charge in [-0.1, -0.05) is 0 Å². The maximum Gasteiger partial charge on any atom is 0.255 e. The van der Waals surface area contributed by atoms with Gasteiger partial charge in [0.1, 0.15) is 0 Å². The van der Waals surface area contributed by atoms with Gasteiger partial charge in [-0.2, -0.15) is 5.10 Å². The summed E-state index contributed by atoms with van der Waals surface area (Å²) in [6.07, 6.45) is 3.34. The average Bonchev–Trinajstić information content (AvgIpc) is 2.68. The van der Waals surface area contributed by atoms with Crippen LogP contribution in [0.3, 0.4) is 0 Å². The molecule has 7 heteroatoms. The molecule has 0 aliphatic heterocycles. The maximum absolute atomic E-state index is 12.2. The monoisotopic (exact) mass is 274 g/mol. The Morgan fingerprint density at radius 3 is 2.65 bits per heavy atom. The van der Waals surface area contributed by atoms with Crippen LogP contribution in [0.1, 0.15) is 40.3 Å². The van der Waals surface area contributed by atoms with Gasteiger partial charge in [-0.05, 0) is 20.8 Å². The van der Waals surface area contributed by atoms with Gasteiger partial charge in [-0.15, -0.1) is 0 Å². The van der Waals surface area contributed by atoms with Gasteiger partial charge in [-0.3, -0.25) is 9.48 Å². The first-order valence-corrected chi connectivity index (χ1v) is 6.28. The van der Waals surface area contributed by atoms with Crippen molar-refractivity contribution >= 4 is 11.9 Å². The second-order valence-corrected chi connectivity index (χ2v) is 4.77. The average molecular weight is 274 g/mol. The number of anilines is 1. The summed E-state index contributed by atoms with van der Waals surface area (Å²) in [5.41, 5.74) is 8.34. The third kappa shape index (κ3) is 2.76. The highest BCUT2D eigenvalue weighted by Gasteiger charge is 2.17. The number of aromatic nitrogens is 4. The van der Waals surface area contributed by atoms with Crippen LogP contribution in [0.2, 0.25) is 0 Å². The Labute approximate surface area is 117 Å². The Bertz CT molecular complexity index is 648. The first-order valence-electron chi connectivity index (χ1n) is 6.28. The zero-order valence-electron chi connectivity index (χ0n) is 12.0. The van der Waals surface area contributed by atoms with E-state index in [4.69, 9.17) is 5.73 Å². The van der Waals surface area contributed by atoms with Crippen LogP contribution >= 0.6 is 0 Å². The minimum absolute atomic E-state index is 0.145. The molecule has 0 radical (unpaired) electrons. The highest BCUT2D eigenvalue weighted by Crippen LogP contribution is 2.16. The summed E-state index contributed by atoms with van der Waals surface area (Å²) in [4.78, 5) is 20.1. The highest BCUT2D eigenvalue weighted by molar-refractivity contribution is 5.95. The Morgan fingerprint density at radius 1 is 1.40 bits per heavy atom. The van der Waals surface area contributed by atoms with Crippen LogP contribution in [0, 0.1) is 13.8 Å². The van der Waals surface area contributed by atoms with Crippen molar-refractivity contribution in [3.63, 3.8) is 0 Å². The number of hydrogen-bond donors (Lipinski definition) is 2. The maximum atomic E-state index is 12.2. The first-order chi connectivity index (χ1) is 9.38. The molecular weight excluding hydrogens is 256 g/mol. The van der Waals surface area contributed by atoms with Gasteiger partial charge in [0.25, 0.3) is 5.91 Å². The highest BCUT2D eigenvalue weighted by atomic mass is 16.1. The molecule has 0 bridgehead atoms. The summed E-state index contributed by atoms with van der Waals surface area (Å²) in [5, 5.41) is 7.18. The van der Waals surface area contributed by atoms with Crippen molar-refractivity contribution in [1.29, 1.82) is 0 Å². The molecule has 3 N–H and O–H groups in total. The summed E-state index contributed by atoms with van der Waals surface area (Å²) in [5.74, 6) is -0.0616. The fraction of sp³-hybridized carbons (Fsp3) is 0.385. The van der Waals surface area contributed by atoms with E-state index in [9.17, 15) is 4.79 Å². The zero-order valence-corrected chi connectivity index (χ0v) is 12.0. The van der Waals surface area contributed by atoms with Gasteiger partial charge >= 0.3 is 0 Å². The Kier molecular flexibility index (Phi) is 3.69. The minimum atomic E-state index is -0.224. The van der Waals surface area contributed by atoms with Crippen LogP contribution in [0.15, 0.2) is 12.4 Å². The van der Waals surface area contributed by atoms with Gasteiger partial charge in [0, 0.05) is 25.0 Å². The van der Waals surface area contributed by atoms with Crippen LogP contribution in [0.25, 0.3) is 0 Å². The van der Waals surface area contributed by atoms with E-state index >= 15 is 0 Å². The van der Waals surface area contributed by atoms with Crippen LogP contribution in [0.4, 0.5) is 5.95 Å². The zero-order chi connectivity index (χ0) is 14.9. The second kappa shape index (κ2) is 5.28. The lowest BCUT2D eigenvalue weighted by Gasteiger charge is -2.14. The molecule has 7 nitrogen and oxygen atoms in total. The van der Waals surface area contributed by atoms with E-state index in [-0.39, 0.29) is 17.9 Å². The van der Waals surface area contributed by atoms with Crippen molar-refractivity contribution < 1.29 is 4.79 Å². The number of amides is 1. The molecule has 0 saturated carbocycles. The second-order valence-electron chi connectivity index (χ2n) is 4.77. The number of nitrogens with zero attached hydrogens (tertiary/aromatic N) is 4. The van der Waals surface area contributed by atoms with E-state index in [1.54, 1.807) is 11.6 Å². The van der Waals surface area contributed by atoms with Crippen molar-refractivity contribution in [3.8, 4) is 0 Å². The van der Waals surface area contributed by atoms with Gasteiger partial charge in [0.15, 0.2) is 0 Å². The minimum Gasteiger partial charge on any atom is -0.368 e. The van der Waals surface area contributed by atoms with Crippen LogP contribution in [0.5, 0.6) is 0 Å². The first kappa shape index (κ1) is 14.0. The van der Waals surface area contributed by atoms with Crippen LogP contribution < -0.4 is 11.1 Å². The lowest BCUT2D eigenvalue weighted by Crippen LogP contribution is -2.28. The number of nitrogens with two attached hydrogens (primary N) is 1. The Morgan fingerprint density at radius 2 is 2.10 bits per heavy atom. The molecule has 106 valence electrons. The number of rotatable bonds is 3. The van der Waals surface area contributed by atoms with Crippen LogP contribution in [-0.2, 0) is 7.05 Å². The number of carbonyl (C=O) groups is 1. The molecule has 2 rings (SSSR count). The number of carbonyl (C=O) groups excluding carboxylic acids is 1. The number of hydrogen-bond acceptors (Lipinski definition) is 5. The van der Waals surface area contributed by atoms with Gasteiger partial charge < -0.3 is 11.1 Å². The third-order valence-corrected chi connectivity index (χ3v) is 3.11. The predicted octanol–water partition coefficient (Wildman–Crippen LogP) is 0.900. The summed E-state index contributed by atoms with van der Waals surface area (Å²) in [7, 11) is 1.85. The summed E-state index contributed by atoms with van der Waals surface area (Å²) >= 11 is 0. The van der Waals surface area contributed by atoms with E-state index in [2.05, 4.69) is 20.4 Å². The van der Waals surface area contributed by atoms with Gasteiger partial charge in [-0.25, -0.2) is 9.97 Å². The van der Waals surface area contributed by atoms with E-state index < -0.39 is 0 Å². The molecule has 0 aliphatic rings. The molecule has 0 aliphatic carbocycles. The molecule has 0 fully saturated rings. The predicted molar refractivity (Wildman–Crippen MR) is 75.0 cm³/mol. The van der Waals surface area contributed by atoms with Crippen molar-refractivity contribution in [2.24, 2.45) is 7.05 Å². The largest absolute Gasteiger partial charge is 0.368 e. The Balaban J connectivity index is 2.17. The topological polar surface area (TPSA) is 98.7 Å². The molecule has 20 heavy (non-hydrogen) atoms. The van der Waals surface area contributed by atoms with E-state index in [0.717, 1.165) is 11.3 Å². The Hall–Kier alpha value is -2.44. The summed E-state index contributed by atoms with van der Waals surface area (Å²) < 4.78 is 1.73. The molecule has 0 unspecified atom stereocenters. The van der Waals surface area contributed by atoms with Gasteiger partial charge in [0.05, 0.1) is 23.0 Å². The van der Waals surface area contributed by atoms with E-state index in [1.807, 2.05) is 27.1 Å². The van der Waals surface area contributed by atoms with Crippen molar-refractivity contribution in [2.45, 2.75) is 26.8 Å². The van der Waals surface area contributed by atoms with E-state index in [1.165, 1.54) is 6.20 Å². The number of nitrogen functional groups attached to an aromatic ring is 1. The van der Waals surface area contributed by atoms with Gasteiger partial charge in [0.2, 0.25) is 5.95 Å². The SMILES string of the molecule is Cc1nc(N)ncc1C(=O)N[C@H](C)c1cn(C)nc1C. The molecular formula is C13H18N6O.